The fraction of sp³-hybridized carbons (Fsp3) is 0.533. The minimum Gasteiger partial charge on any atom is -0.338 e. The molecule has 1 aliphatic heterocycles. The Morgan fingerprint density at radius 2 is 1.91 bits per heavy atom. The Bertz CT molecular complexity index is 671. The lowest BCUT2D eigenvalue weighted by Gasteiger charge is -2.34. The second-order valence-electron chi connectivity index (χ2n) is 5.53. The number of hydrogen-bond donors (Lipinski definition) is 1. The van der Waals surface area contributed by atoms with Crippen LogP contribution >= 0.6 is 0 Å². The molecule has 2 amide bonds. The molecule has 1 aliphatic rings. The van der Waals surface area contributed by atoms with E-state index in [1.54, 1.807) is 11.8 Å². The van der Waals surface area contributed by atoms with Crippen molar-refractivity contribution in [2.75, 3.05) is 32.7 Å². The molecule has 0 aliphatic carbocycles. The summed E-state index contributed by atoms with van der Waals surface area (Å²) in [7, 11) is -3.67. The molecular weight excluding hydrogens is 321 g/mol. The summed E-state index contributed by atoms with van der Waals surface area (Å²) >= 11 is 0. The van der Waals surface area contributed by atoms with Crippen molar-refractivity contribution < 1.29 is 17.6 Å². The van der Waals surface area contributed by atoms with Crippen LogP contribution < -0.4 is 5.32 Å². The van der Waals surface area contributed by atoms with E-state index in [4.69, 9.17) is 0 Å². The topological polar surface area (TPSA) is 69.7 Å². The summed E-state index contributed by atoms with van der Waals surface area (Å²) in [5, 5.41) is 2.78. The number of hydrogen-bond acceptors (Lipinski definition) is 3. The van der Waals surface area contributed by atoms with E-state index in [2.05, 4.69) is 5.32 Å². The third kappa shape index (κ3) is 4.00. The van der Waals surface area contributed by atoms with Crippen molar-refractivity contribution in [1.29, 1.82) is 0 Å². The number of piperazine rings is 1. The van der Waals surface area contributed by atoms with Crippen LogP contribution in [-0.4, -0.2) is 56.4 Å². The Hall–Kier alpha value is -1.67. The lowest BCUT2D eigenvalue weighted by atomic mass is 10.2. The third-order valence-electron chi connectivity index (χ3n) is 3.81. The van der Waals surface area contributed by atoms with Crippen LogP contribution in [0.2, 0.25) is 0 Å². The van der Waals surface area contributed by atoms with E-state index in [0.717, 1.165) is 12.5 Å². The standard InChI is InChI=1S/C15H22FN3O3S/c1-3-6-17-15(20)18-7-9-19(10-8-18)23(21,22)14-5-4-13(16)11-12(14)2/h4-5,11H,3,6-10H2,1-2H3,(H,17,20). The molecule has 1 aromatic rings. The number of nitrogens with one attached hydrogen (secondary N) is 1. The van der Waals surface area contributed by atoms with Gasteiger partial charge in [-0.1, -0.05) is 6.92 Å². The lowest BCUT2D eigenvalue weighted by Crippen LogP contribution is -2.53. The van der Waals surface area contributed by atoms with Gasteiger partial charge in [0, 0.05) is 32.7 Å². The number of sulfonamides is 1. The molecule has 6 nitrogen and oxygen atoms in total. The summed E-state index contributed by atoms with van der Waals surface area (Å²) in [5.41, 5.74) is 0.383. The summed E-state index contributed by atoms with van der Waals surface area (Å²) in [4.78, 5) is 13.6. The first-order chi connectivity index (χ1) is 10.9. The number of rotatable bonds is 4. The van der Waals surface area contributed by atoms with Gasteiger partial charge in [0.05, 0.1) is 4.90 Å². The molecule has 8 heteroatoms. The number of carbonyl (C=O) groups is 1. The predicted molar refractivity (Wildman–Crippen MR) is 85.2 cm³/mol. The zero-order valence-corrected chi connectivity index (χ0v) is 14.2. The van der Waals surface area contributed by atoms with Crippen LogP contribution in [0.4, 0.5) is 9.18 Å². The summed E-state index contributed by atoms with van der Waals surface area (Å²) in [6.07, 6.45) is 0.851. The van der Waals surface area contributed by atoms with Gasteiger partial charge in [0.1, 0.15) is 5.82 Å². The van der Waals surface area contributed by atoms with Crippen LogP contribution in [0.25, 0.3) is 0 Å². The molecule has 1 heterocycles. The fourth-order valence-corrected chi connectivity index (χ4v) is 4.14. The first-order valence-corrected chi connectivity index (χ1v) is 9.09. The first-order valence-electron chi connectivity index (χ1n) is 7.65. The Kier molecular flexibility index (Phi) is 5.59. The fourth-order valence-electron chi connectivity index (χ4n) is 2.52. The van der Waals surface area contributed by atoms with Crippen molar-refractivity contribution in [3.8, 4) is 0 Å². The molecule has 1 fully saturated rings. The van der Waals surface area contributed by atoms with Crippen LogP contribution in [0.5, 0.6) is 0 Å². The van der Waals surface area contributed by atoms with Crippen molar-refractivity contribution in [1.82, 2.24) is 14.5 Å². The molecular formula is C15H22FN3O3S. The number of carbonyl (C=O) groups excluding carboxylic acids is 1. The maximum atomic E-state index is 13.2. The summed E-state index contributed by atoms with van der Waals surface area (Å²) in [5.74, 6) is -0.459. The number of benzene rings is 1. The first kappa shape index (κ1) is 17.7. The highest BCUT2D eigenvalue weighted by molar-refractivity contribution is 7.89. The molecule has 128 valence electrons. The second-order valence-corrected chi connectivity index (χ2v) is 7.44. The Morgan fingerprint density at radius 3 is 2.48 bits per heavy atom. The monoisotopic (exact) mass is 343 g/mol. The predicted octanol–water partition coefficient (Wildman–Crippen LogP) is 1.56. The minimum atomic E-state index is -3.67. The van der Waals surface area contributed by atoms with Crippen molar-refractivity contribution >= 4 is 16.1 Å². The zero-order valence-electron chi connectivity index (χ0n) is 13.4. The van der Waals surface area contributed by atoms with Gasteiger partial charge in [0.15, 0.2) is 0 Å². The zero-order chi connectivity index (χ0) is 17.0. The van der Waals surface area contributed by atoms with Crippen molar-refractivity contribution in [3.05, 3.63) is 29.6 Å². The van der Waals surface area contributed by atoms with Gasteiger partial charge in [-0.05, 0) is 37.1 Å². The van der Waals surface area contributed by atoms with Crippen LogP contribution in [0.3, 0.4) is 0 Å². The largest absolute Gasteiger partial charge is 0.338 e. The molecule has 0 aromatic heterocycles. The normalized spacial score (nSPS) is 16.4. The maximum Gasteiger partial charge on any atom is 0.317 e. The highest BCUT2D eigenvalue weighted by Crippen LogP contribution is 2.21. The lowest BCUT2D eigenvalue weighted by molar-refractivity contribution is 0.172. The minimum absolute atomic E-state index is 0.114. The summed E-state index contributed by atoms with van der Waals surface area (Å²) in [6.45, 7) is 5.30. The Morgan fingerprint density at radius 1 is 1.26 bits per heavy atom. The van der Waals surface area contributed by atoms with Gasteiger partial charge < -0.3 is 10.2 Å². The van der Waals surface area contributed by atoms with Crippen molar-refractivity contribution in [2.45, 2.75) is 25.2 Å². The van der Waals surface area contributed by atoms with Crippen LogP contribution in [0, 0.1) is 12.7 Å². The third-order valence-corrected chi connectivity index (χ3v) is 5.87. The maximum absolute atomic E-state index is 13.2. The smallest absolute Gasteiger partial charge is 0.317 e. The SMILES string of the molecule is CCCNC(=O)N1CCN(S(=O)(=O)c2ccc(F)cc2C)CC1. The van der Waals surface area contributed by atoms with E-state index in [1.807, 2.05) is 6.92 Å². The molecule has 0 saturated carbocycles. The van der Waals surface area contributed by atoms with E-state index in [-0.39, 0.29) is 24.0 Å². The van der Waals surface area contributed by atoms with E-state index in [1.165, 1.54) is 16.4 Å². The molecule has 1 N–H and O–H groups in total. The molecule has 23 heavy (non-hydrogen) atoms. The van der Waals surface area contributed by atoms with E-state index >= 15 is 0 Å². The number of amides is 2. The van der Waals surface area contributed by atoms with Gasteiger partial charge in [-0.25, -0.2) is 17.6 Å². The Balaban J connectivity index is 2.05. The van der Waals surface area contributed by atoms with Gasteiger partial charge in [-0.3, -0.25) is 0 Å². The van der Waals surface area contributed by atoms with Crippen LogP contribution in [-0.2, 0) is 10.0 Å². The van der Waals surface area contributed by atoms with Gasteiger partial charge >= 0.3 is 6.03 Å². The van der Waals surface area contributed by atoms with E-state index in [9.17, 15) is 17.6 Å². The van der Waals surface area contributed by atoms with E-state index in [0.29, 0.717) is 25.2 Å². The van der Waals surface area contributed by atoms with Crippen molar-refractivity contribution in [3.63, 3.8) is 0 Å². The molecule has 0 unspecified atom stereocenters. The van der Waals surface area contributed by atoms with Gasteiger partial charge in [0.25, 0.3) is 0 Å². The average Bonchev–Trinajstić information content (AvgIpc) is 2.52. The molecule has 0 bridgehead atoms. The summed E-state index contributed by atoms with van der Waals surface area (Å²) < 4.78 is 39.8. The van der Waals surface area contributed by atoms with Crippen LogP contribution in [0.15, 0.2) is 23.1 Å². The second kappa shape index (κ2) is 7.27. The highest BCUT2D eigenvalue weighted by Gasteiger charge is 2.30. The highest BCUT2D eigenvalue weighted by atomic mass is 32.2. The molecule has 0 spiro atoms. The number of urea groups is 1. The molecule has 2 rings (SSSR count). The number of halogens is 1. The van der Waals surface area contributed by atoms with Gasteiger partial charge in [-0.2, -0.15) is 4.31 Å². The average molecular weight is 343 g/mol. The molecule has 1 aromatic carbocycles. The van der Waals surface area contributed by atoms with E-state index < -0.39 is 15.8 Å². The Labute approximate surface area is 136 Å². The van der Waals surface area contributed by atoms with Gasteiger partial charge in [0.2, 0.25) is 10.0 Å². The number of nitrogens with zero attached hydrogens (tertiary/aromatic N) is 2. The molecule has 0 radical (unpaired) electrons. The number of aryl methyl sites for hydroxylation is 1. The van der Waals surface area contributed by atoms with Crippen molar-refractivity contribution in [2.24, 2.45) is 0 Å². The quantitative estimate of drug-likeness (QED) is 0.902. The van der Waals surface area contributed by atoms with Gasteiger partial charge in [-0.15, -0.1) is 0 Å². The summed E-state index contributed by atoms with van der Waals surface area (Å²) in [6, 6.07) is 3.48. The molecule has 1 saturated heterocycles. The van der Waals surface area contributed by atoms with Crippen LogP contribution in [0.1, 0.15) is 18.9 Å². The molecule has 0 atom stereocenters.